The van der Waals surface area contributed by atoms with Crippen LogP contribution in [0.25, 0.3) is 0 Å². The van der Waals surface area contributed by atoms with Crippen LogP contribution in [-0.4, -0.2) is 45.4 Å². The van der Waals surface area contributed by atoms with Crippen molar-refractivity contribution in [2.45, 2.75) is 26.2 Å². The first-order valence-electron chi connectivity index (χ1n) is 5.10. The molecule has 0 N–H and O–H groups in total. The van der Waals surface area contributed by atoms with E-state index in [2.05, 4.69) is 13.8 Å². The molecular formula is C10H18O4. The first-order valence-corrected chi connectivity index (χ1v) is 5.10. The minimum Gasteiger partial charge on any atom is -0.376 e. The van der Waals surface area contributed by atoms with Crippen molar-refractivity contribution in [3.05, 3.63) is 0 Å². The van der Waals surface area contributed by atoms with E-state index < -0.39 is 0 Å². The highest BCUT2D eigenvalue weighted by Gasteiger charge is 2.34. The lowest BCUT2D eigenvalue weighted by atomic mass is 9.95. The van der Waals surface area contributed by atoms with Crippen molar-refractivity contribution in [2.75, 3.05) is 33.0 Å². The molecule has 0 bridgehead atoms. The Kier molecular flexibility index (Phi) is 3.07. The van der Waals surface area contributed by atoms with Gasteiger partial charge in [-0.15, -0.1) is 0 Å². The van der Waals surface area contributed by atoms with Crippen molar-refractivity contribution in [1.82, 2.24) is 0 Å². The summed E-state index contributed by atoms with van der Waals surface area (Å²) in [6.45, 7) is 7.58. The molecular weight excluding hydrogens is 184 g/mol. The lowest BCUT2D eigenvalue weighted by molar-refractivity contribution is -0.281. The highest BCUT2D eigenvalue weighted by Crippen LogP contribution is 2.25. The summed E-state index contributed by atoms with van der Waals surface area (Å²) in [4.78, 5) is 0. The Balaban J connectivity index is 1.82. The summed E-state index contributed by atoms with van der Waals surface area (Å²) in [5.41, 5.74) is 0.117. The fourth-order valence-corrected chi connectivity index (χ4v) is 1.58. The Morgan fingerprint density at radius 2 is 1.71 bits per heavy atom. The second kappa shape index (κ2) is 4.14. The van der Waals surface area contributed by atoms with Gasteiger partial charge < -0.3 is 18.9 Å². The average Bonchev–Trinajstić information content (AvgIpc) is 2.19. The average molecular weight is 202 g/mol. The summed E-state index contributed by atoms with van der Waals surface area (Å²) in [5, 5.41) is 0. The zero-order chi connectivity index (χ0) is 10.0. The highest BCUT2D eigenvalue weighted by atomic mass is 16.7. The SMILES string of the molecule is CC1(C)COC(C2COCCO2)OC1. The molecule has 4 heteroatoms. The van der Waals surface area contributed by atoms with E-state index in [4.69, 9.17) is 18.9 Å². The summed E-state index contributed by atoms with van der Waals surface area (Å²) < 4.78 is 22.0. The monoisotopic (exact) mass is 202 g/mol. The molecule has 0 aromatic rings. The molecule has 2 aliphatic heterocycles. The predicted octanol–water partition coefficient (Wildman–Crippen LogP) is 0.801. The van der Waals surface area contributed by atoms with Crippen LogP contribution in [0, 0.1) is 5.41 Å². The lowest BCUT2D eigenvalue weighted by Gasteiger charge is -2.38. The molecule has 14 heavy (non-hydrogen) atoms. The maximum Gasteiger partial charge on any atom is 0.185 e. The van der Waals surface area contributed by atoms with Crippen LogP contribution in [0.5, 0.6) is 0 Å². The van der Waals surface area contributed by atoms with Crippen molar-refractivity contribution in [3.63, 3.8) is 0 Å². The second-order valence-corrected chi connectivity index (χ2v) is 4.64. The number of hydrogen-bond acceptors (Lipinski definition) is 4. The number of ether oxygens (including phenoxy) is 4. The van der Waals surface area contributed by atoms with Crippen LogP contribution in [0.15, 0.2) is 0 Å². The molecule has 2 heterocycles. The third-order valence-corrected chi connectivity index (χ3v) is 2.42. The van der Waals surface area contributed by atoms with E-state index in [1.807, 2.05) is 0 Å². The van der Waals surface area contributed by atoms with Gasteiger partial charge in [-0.2, -0.15) is 0 Å². The number of rotatable bonds is 1. The van der Waals surface area contributed by atoms with Crippen LogP contribution in [0.2, 0.25) is 0 Å². The molecule has 82 valence electrons. The second-order valence-electron chi connectivity index (χ2n) is 4.64. The van der Waals surface area contributed by atoms with Crippen LogP contribution >= 0.6 is 0 Å². The van der Waals surface area contributed by atoms with Gasteiger partial charge in [-0.05, 0) is 0 Å². The molecule has 2 saturated heterocycles. The first kappa shape index (κ1) is 10.4. The van der Waals surface area contributed by atoms with E-state index >= 15 is 0 Å². The molecule has 2 aliphatic rings. The number of hydrogen-bond donors (Lipinski definition) is 0. The van der Waals surface area contributed by atoms with Crippen molar-refractivity contribution < 1.29 is 18.9 Å². The predicted molar refractivity (Wildman–Crippen MR) is 50.0 cm³/mol. The zero-order valence-corrected chi connectivity index (χ0v) is 8.82. The lowest BCUT2D eigenvalue weighted by Crippen LogP contribution is -2.48. The van der Waals surface area contributed by atoms with E-state index in [0.717, 1.165) is 13.2 Å². The van der Waals surface area contributed by atoms with E-state index in [9.17, 15) is 0 Å². The van der Waals surface area contributed by atoms with Crippen molar-refractivity contribution in [1.29, 1.82) is 0 Å². The van der Waals surface area contributed by atoms with Gasteiger partial charge in [-0.3, -0.25) is 0 Å². The molecule has 0 saturated carbocycles. The third kappa shape index (κ3) is 2.45. The summed E-state index contributed by atoms with van der Waals surface area (Å²) >= 11 is 0. The highest BCUT2D eigenvalue weighted by molar-refractivity contribution is 4.75. The molecule has 2 fully saturated rings. The Hall–Kier alpha value is -0.160. The first-order chi connectivity index (χ1) is 6.67. The summed E-state index contributed by atoms with van der Waals surface area (Å²) in [6, 6.07) is 0. The third-order valence-electron chi connectivity index (χ3n) is 2.42. The normalized spacial score (nSPS) is 34.3. The Labute approximate surface area is 84.5 Å². The molecule has 1 atom stereocenters. The van der Waals surface area contributed by atoms with Gasteiger partial charge in [-0.1, -0.05) is 13.8 Å². The zero-order valence-electron chi connectivity index (χ0n) is 8.82. The minimum absolute atomic E-state index is 0.0557. The van der Waals surface area contributed by atoms with Crippen LogP contribution in [0.4, 0.5) is 0 Å². The quantitative estimate of drug-likeness (QED) is 0.630. The largest absolute Gasteiger partial charge is 0.376 e. The molecule has 0 spiro atoms. The van der Waals surface area contributed by atoms with Gasteiger partial charge in [0.25, 0.3) is 0 Å². The van der Waals surface area contributed by atoms with Crippen molar-refractivity contribution >= 4 is 0 Å². The van der Waals surface area contributed by atoms with E-state index in [1.165, 1.54) is 0 Å². The minimum atomic E-state index is -0.247. The molecule has 1 unspecified atom stereocenters. The van der Waals surface area contributed by atoms with E-state index in [1.54, 1.807) is 0 Å². The standard InChI is InChI=1S/C10H18O4/c1-10(2)6-13-9(14-7-10)8-5-11-3-4-12-8/h8-9H,3-7H2,1-2H3. The van der Waals surface area contributed by atoms with Crippen LogP contribution < -0.4 is 0 Å². The van der Waals surface area contributed by atoms with E-state index in [0.29, 0.717) is 19.8 Å². The summed E-state index contributed by atoms with van der Waals surface area (Å²) in [6.07, 6.45) is -0.303. The molecule has 2 rings (SSSR count). The maximum atomic E-state index is 5.61. The Morgan fingerprint density at radius 3 is 2.29 bits per heavy atom. The van der Waals surface area contributed by atoms with Crippen molar-refractivity contribution in [3.8, 4) is 0 Å². The molecule has 0 aliphatic carbocycles. The molecule has 4 nitrogen and oxygen atoms in total. The van der Waals surface area contributed by atoms with Gasteiger partial charge in [0.05, 0.1) is 33.0 Å². The van der Waals surface area contributed by atoms with Gasteiger partial charge >= 0.3 is 0 Å². The fraction of sp³-hybridized carbons (Fsp3) is 1.00. The summed E-state index contributed by atoms with van der Waals surface area (Å²) in [5.74, 6) is 0. The maximum absolute atomic E-state index is 5.61. The topological polar surface area (TPSA) is 36.9 Å². The van der Waals surface area contributed by atoms with Gasteiger partial charge in [0, 0.05) is 5.41 Å². The van der Waals surface area contributed by atoms with Crippen LogP contribution in [-0.2, 0) is 18.9 Å². The smallest absolute Gasteiger partial charge is 0.185 e. The summed E-state index contributed by atoms with van der Waals surface area (Å²) in [7, 11) is 0. The Morgan fingerprint density at radius 1 is 1.00 bits per heavy atom. The van der Waals surface area contributed by atoms with Gasteiger partial charge in [-0.25, -0.2) is 0 Å². The van der Waals surface area contributed by atoms with Gasteiger partial charge in [0.2, 0.25) is 0 Å². The van der Waals surface area contributed by atoms with Crippen LogP contribution in [0.3, 0.4) is 0 Å². The van der Waals surface area contributed by atoms with Crippen molar-refractivity contribution in [2.24, 2.45) is 5.41 Å². The van der Waals surface area contributed by atoms with Gasteiger partial charge in [0.15, 0.2) is 6.29 Å². The molecule has 0 aromatic carbocycles. The fourth-order valence-electron chi connectivity index (χ4n) is 1.58. The molecule has 0 aromatic heterocycles. The molecule has 0 radical (unpaired) electrons. The molecule has 0 amide bonds. The van der Waals surface area contributed by atoms with Crippen LogP contribution in [0.1, 0.15) is 13.8 Å². The van der Waals surface area contributed by atoms with E-state index in [-0.39, 0.29) is 17.8 Å². The Bertz CT molecular complexity index is 177. The van der Waals surface area contributed by atoms with Gasteiger partial charge in [0.1, 0.15) is 6.10 Å².